The van der Waals surface area contributed by atoms with Crippen molar-refractivity contribution in [3.05, 3.63) is 35.9 Å². The first-order valence-corrected chi connectivity index (χ1v) is 5.63. The third-order valence-corrected chi connectivity index (χ3v) is 3.29. The second-order valence-electron chi connectivity index (χ2n) is 4.19. The predicted molar refractivity (Wildman–Crippen MR) is 60.6 cm³/mol. The number of carbonyl (C=O) groups excluding carboxylic acids is 1. The molecule has 1 fully saturated rings. The van der Waals surface area contributed by atoms with Crippen molar-refractivity contribution in [2.45, 2.75) is 25.7 Å². The third kappa shape index (κ3) is 2.20. The lowest BCUT2D eigenvalue weighted by molar-refractivity contribution is -0.123. The lowest BCUT2D eigenvalue weighted by Gasteiger charge is -2.31. The van der Waals surface area contributed by atoms with Crippen molar-refractivity contribution in [2.24, 2.45) is 5.92 Å². The number of hydrogen-bond acceptors (Lipinski definition) is 1. The molecule has 2 atom stereocenters. The van der Waals surface area contributed by atoms with Crippen molar-refractivity contribution in [2.75, 3.05) is 6.54 Å². The van der Waals surface area contributed by atoms with E-state index >= 15 is 0 Å². The summed E-state index contributed by atoms with van der Waals surface area (Å²) in [5.41, 5.74) is 1.30. The van der Waals surface area contributed by atoms with Gasteiger partial charge in [-0.05, 0) is 17.4 Å². The van der Waals surface area contributed by atoms with E-state index in [2.05, 4.69) is 36.5 Å². The van der Waals surface area contributed by atoms with E-state index in [9.17, 15) is 4.79 Å². The minimum absolute atomic E-state index is 0.188. The monoisotopic (exact) mass is 203 g/mol. The first kappa shape index (κ1) is 10.2. The lowest BCUT2D eigenvalue weighted by atomic mass is 9.79. The number of amides is 1. The average Bonchev–Trinajstić information content (AvgIpc) is 2.30. The molecule has 1 aromatic carbocycles. The number of carbonyl (C=O) groups is 1. The molecule has 1 heterocycles. The maximum absolute atomic E-state index is 11.4. The molecule has 80 valence electrons. The lowest BCUT2D eigenvalue weighted by Crippen LogP contribution is -2.39. The topological polar surface area (TPSA) is 29.1 Å². The van der Waals surface area contributed by atoms with Gasteiger partial charge < -0.3 is 5.32 Å². The molecule has 1 aliphatic heterocycles. The highest BCUT2D eigenvalue weighted by atomic mass is 16.1. The number of benzene rings is 1. The van der Waals surface area contributed by atoms with Crippen LogP contribution in [0.25, 0.3) is 0 Å². The molecule has 1 saturated heterocycles. The van der Waals surface area contributed by atoms with E-state index in [0.29, 0.717) is 18.3 Å². The SMILES string of the molecule is CC[C@@H]1CNC(=O)C[C@@H]1c1ccccc1. The van der Waals surface area contributed by atoms with Crippen molar-refractivity contribution in [1.29, 1.82) is 0 Å². The van der Waals surface area contributed by atoms with Gasteiger partial charge in [0, 0.05) is 13.0 Å². The number of hydrogen-bond donors (Lipinski definition) is 1. The molecule has 0 aromatic heterocycles. The summed E-state index contributed by atoms with van der Waals surface area (Å²) in [6.07, 6.45) is 1.77. The Kier molecular flexibility index (Phi) is 3.05. The Balaban J connectivity index is 2.21. The van der Waals surface area contributed by atoms with Gasteiger partial charge in [0.25, 0.3) is 0 Å². The van der Waals surface area contributed by atoms with Gasteiger partial charge in [0.2, 0.25) is 5.91 Å². The molecule has 1 N–H and O–H groups in total. The predicted octanol–water partition coefficient (Wildman–Crippen LogP) is 2.32. The summed E-state index contributed by atoms with van der Waals surface area (Å²) in [6.45, 7) is 3.02. The van der Waals surface area contributed by atoms with E-state index in [0.717, 1.165) is 13.0 Å². The van der Waals surface area contributed by atoms with Crippen LogP contribution in [0.5, 0.6) is 0 Å². The maximum atomic E-state index is 11.4. The molecule has 1 aliphatic rings. The molecular weight excluding hydrogens is 186 g/mol. The number of nitrogens with one attached hydrogen (secondary N) is 1. The maximum Gasteiger partial charge on any atom is 0.220 e. The molecule has 0 saturated carbocycles. The first-order chi connectivity index (χ1) is 7.31. The second kappa shape index (κ2) is 4.47. The van der Waals surface area contributed by atoms with E-state index in [1.807, 2.05) is 6.07 Å². The van der Waals surface area contributed by atoms with Crippen LogP contribution in [0, 0.1) is 5.92 Å². The smallest absolute Gasteiger partial charge is 0.220 e. The summed E-state index contributed by atoms with van der Waals surface area (Å²) >= 11 is 0. The van der Waals surface area contributed by atoms with Gasteiger partial charge in [0.15, 0.2) is 0 Å². The van der Waals surface area contributed by atoms with Crippen LogP contribution in [-0.4, -0.2) is 12.5 Å². The quantitative estimate of drug-likeness (QED) is 0.785. The van der Waals surface area contributed by atoms with E-state index in [1.165, 1.54) is 5.56 Å². The van der Waals surface area contributed by atoms with Crippen LogP contribution in [0.2, 0.25) is 0 Å². The van der Waals surface area contributed by atoms with Crippen LogP contribution < -0.4 is 5.32 Å². The molecule has 2 rings (SSSR count). The molecule has 0 spiro atoms. The van der Waals surface area contributed by atoms with Crippen LogP contribution >= 0.6 is 0 Å². The van der Waals surface area contributed by atoms with Gasteiger partial charge in [-0.15, -0.1) is 0 Å². The van der Waals surface area contributed by atoms with Crippen molar-refractivity contribution < 1.29 is 4.79 Å². The third-order valence-electron chi connectivity index (χ3n) is 3.29. The zero-order valence-electron chi connectivity index (χ0n) is 9.07. The number of rotatable bonds is 2. The van der Waals surface area contributed by atoms with Crippen molar-refractivity contribution in [1.82, 2.24) is 5.32 Å². The van der Waals surface area contributed by atoms with Gasteiger partial charge in [-0.1, -0.05) is 43.7 Å². The molecule has 1 aromatic rings. The molecule has 0 unspecified atom stereocenters. The summed E-state index contributed by atoms with van der Waals surface area (Å²) in [4.78, 5) is 11.4. The Labute approximate surface area is 90.7 Å². The molecule has 2 heteroatoms. The molecule has 0 radical (unpaired) electrons. The van der Waals surface area contributed by atoms with Gasteiger partial charge in [-0.2, -0.15) is 0 Å². The fourth-order valence-corrected chi connectivity index (χ4v) is 2.34. The Hall–Kier alpha value is -1.31. The molecule has 15 heavy (non-hydrogen) atoms. The Bertz CT molecular complexity index is 334. The van der Waals surface area contributed by atoms with Crippen molar-refractivity contribution >= 4 is 5.91 Å². The second-order valence-corrected chi connectivity index (χ2v) is 4.19. The summed E-state index contributed by atoms with van der Waals surface area (Å²) < 4.78 is 0. The molecule has 2 nitrogen and oxygen atoms in total. The standard InChI is InChI=1S/C13H17NO/c1-2-10-9-14-13(15)8-12(10)11-6-4-3-5-7-11/h3-7,10,12H,2,8-9H2,1H3,(H,14,15)/t10-,12+/m1/s1. The highest BCUT2D eigenvalue weighted by Crippen LogP contribution is 2.32. The normalized spacial score (nSPS) is 26.1. The largest absolute Gasteiger partial charge is 0.356 e. The first-order valence-electron chi connectivity index (χ1n) is 5.63. The summed E-state index contributed by atoms with van der Waals surface area (Å²) in [7, 11) is 0. The highest BCUT2D eigenvalue weighted by Gasteiger charge is 2.28. The molecule has 0 aliphatic carbocycles. The van der Waals surface area contributed by atoms with Gasteiger partial charge >= 0.3 is 0 Å². The summed E-state index contributed by atoms with van der Waals surface area (Å²) in [5.74, 6) is 1.18. The Morgan fingerprint density at radius 1 is 1.33 bits per heavy atom. The highest BCUT2D eigenvalue weighted by molar-refractivity contribution is 5.77. The summed E-state index contributed by atoms with van der Waals surface area (Å²) in [6, 6.07) is 10.4. The van der Waals surface area contributed by atoms with Gasteiger partial charge in [-0.3, -0.25) is 4.79 Å². The zero-order chi connectivity index (χ0) is 10.7. The average molecular weight is 203 g/mol. The molecule has 1 amide bonds. The van der Waals surface area contributed by atoms with E-state index in [-0.39, 0.29) is 5.91 Å². The van der Waals surface area contributed by atoms with Gasteiger partial charge in [0.1, 0.15) is 0 Å². The Morgan fingerprint density at radius 2 is 2.07 bits per heavy atom. The Morgan fingerprint density at radius 3 is 2.73 bits per heavy atom. The minimum Gasteiger partial charge on any atom is -0.356 e. The van der Waals surface area contributed by atoms with Gasteiger partial charge in [-0.25, -0.2) is 0 Å². The van der Waals surface area contributed by atoms with Crippen LogP contribution in [-0.2, 0) is 4.79 Å². The van der Waals surface area contributed by atoms with E-state index in [4.69, 9.17) is 0 Å². The van der Waals surface area contributed by atoms with Crippen LogP contribution in [0.3, 0.4) is 0 Å². The fourth-order valence-electron chi connectivity index (χ4n) is 2.34. The minimum atomic E-state index is 0.188. The van der Waals surface area contributed by atoms with E-state index < -0.39 is 0 Å². The molecule has 0 bridgehead atoms. The van der Waals surface area contributed by atoms with Crippen LogP contribution in [0.4, 0.5) is 0 Å². The molecular formula is C13H17NO. The van der Waals surface area contributed by atoms with Crippen LogP contribution in [0.15, 0.2) is 30.3 Å². The van der Waals surface area contributed by atoms with Gasteiger partial charge in [0.05, 0.1) is 0 Å². The zero-order valence-corrected chi connectivity index (χ0v) is 9.07. The fraction of sp³-hybridized carbons (Fsp3) is 0.462. The number of piperidine rings is 1. The summed E-state index contributed by atoms with van der Waals surface area (Å²) in [5, 5.41) is 2.94. The van der Waals surface area contributed by atoms with Crippen molar-refractivity contribution in [3.63, 3.8) is 0 Å². The van der Waals surface area contributed by atoms with Crippen LogP contribution in [0.1, 0.15) is 31.2 Å². The van der Waals surface area contributed by atoms with E-state index in [1.54, 1.807) is 0 Å². The van der Waals surface area contributed by atoms with Crippen molar-refractivity contribution in [3.8, 4) is 0 Å².